The average Bonchev–Trinajstić information content (AvgIpc) is 2.49. The summed E-state index contributed by atoms with van der Waals surface area (Å²) >= 11 is 0. The second kappa shape index (κ2) is 7.52. The molecule has 0 aliphatic carbocycles. The van der Waals surface area contributed by atoms with Gasteiger partial charge in [-0.3, -0.25) is 0 Å². The monoisotopic (exact) mass is 341 g/mol. The minimum atomic E-state index is -3.35. The maximum Gasteiger partial charge on any atom is 0.208 e. The van der Waals surface area contributed by atoms with Crippen LogP contribution < -0.4 is 9.46 Å². The number of sulfonamides is 1. The molecule has 0 atom stereocenters. The molecule has 0 aliphatic heterocycles. The summed E-state index contributed by atoms with van der Waals surface area (Å²) in [6.07, 6.45) is 1.11. The number of benzene rings is 2. The summed E-state index contributed by atoms with van der Waals surface area (Å²) in [6.45, 7) is 0.0687. The molecule has 23 heavy (non-hydrogen) atoms. The van der Waals surface area contributed by atoms with E-state index in [0.29, 0.717) is 0 Å². The first kappa shape index (κ1) is 17.4. The van der Waals surface area contributed by atoms with Crippen LogP contribution in [0, 0.1) is 11.6 Å². The van der Waals surface area contributed by atoms with Gasteiger partial charge in [-0.15, -0.1) is 0 Å². The quantitative estimate of drug-likeness (QED) is 0.842. The second-order valence-corrected chi connectivity index (χ2v) is 6.87. The molecule has 0 spiro atoms. The largest absolute Gasteiger partial charge is 0.483 e. The van der Waals surface area contributed by atoms with Crippen LogP contribution in [0.3, 0.4) is 0 Å². The summed E-state index contributed by atoms with van der Waals surface area (Å²) < 4.78 is 57.6. The molecular weight excluding hydrogens is 324 g/mol. The molecule has 1 N–H and O–H groups in total. The van der Waals surface area contributed by atoms with Crippen molar-refractivity contribution in [1.82, 2.24) is 4.72 Å². The third-order valence-corrected chi connectivity index (χ3v) is 3.84. The van der Waals surface area contributed by atoms with Crippen molar-refractivity contribution in [3.8, 4) is 5.75 Å². The van der Waals surface area contributed by atoms with E-state index in [4.69, 9.17) is 4.74 Å². The van der Waals surface area contributed by atoms with Crippen LogP contribution in [0.4, 0.5) is 8.78 Å². The Hall–Kier alpha value is -1.99. The molecule has 4 nitrogen and oxygen atoms in total. The summed E-state index contributed by atoms with van der Waals surface area (Å²) in [7, 11) is -3.35. The minimum Gasteiger partial charge on any atom is -0.483 e. The van der Waals surface area contributed by atoms with E-state index in [2.05, 4.69) is 4.72 Å². The molecule has 0 bridgehead atoms. The molecule has 0 unspecified atom stereocenters. The smallest absolute Gasteiger partial charge is 0.208 e. The third kappa shape index (κ3) is 5.30. The molecule has 0 heterocycles. The van der Waals surface area contributed by atoms with E-state index >= 15 is 0 Å². The van der Waals surface area contributed by atoms with E-state index in [9.17, 15) is 17.2 Å². The average molecular weight is 341 g/mol. The zero-order valence-corrected chi connectivity index (χ0v) is 13.4. The SMILES string of the molecule is CS(=O)(=O)NCCc1ccc(F)c(OCc2ccccc2)c1F. The summed E-state index contributed by atoms with van der Waals surface area (Å²) in [6, 6.07) is 11.4. The highest BCUT2D eigenvalue weighted by Crippen LogP contribution is 2.25. The molecule has 0 aromatic heterocycles. The Morgan fingerprint density at radius 3 is 2.43 bits per heavy atom. The summed E-state index contributed by atoms with van der Waals surface area (Å²) in [5.41, 5.74) is 0.973. The summed E-state index contributed by atoms with van der Waals surface area (Å²) in [5.74, 6) is -2.06. The van der Waals surface area contributed by atoms with Crippen LogP contribution in [0.1, 0.15) is 11.1 Å². The molecule has 0 aliphatic rings. The van der Waals surface area contributed by atoms with Crippen molar-refractivity contribution < 1.29 is 21.9 Å². The van der Waals surface area contributed by atoms with Gasteiger partial charge in [0.1, 0.15) is 6.61 Å². The fourth-order valence-corrected chi connectivity index (χ4v) is 2.47. The molecule has 0 saturated carbocycles. The Balaban J connectivity index is 2.08. The molecular formula is C16H17F2NO3S. The number of hydrogen-bond donors (Lipinski definition) is 1. The Morgan fingerprint density at radius 2 is 1.78 bits per heavy atom. The standard InChI is InChI=1S/C16H17F2NO3S/c1-23(20,21)19-10-9-13-7-8-14(17)16(15(13)18)22-11-12-5-3-2-4-6-12/h2-8,19H,9-11H2,1H3. The van der Waals surface area contributed by atoms with E-state index in [-0.39, 0.29) is 25.1 Å². The molecule has 2 rings (SSSR count). The first-order valence-electron chi connectivity index (χ1n) is 6.95. The van der Waals surface area contributed by atoms with Gasteiger partial charge in [-0.1, -0.05) is 36.4 Å². The molecule has 0 radical (unpaired) electrons. The lowest BCUT2D eigenvalue weighted by atomic mass is 10.1. The highest BCUT2D eigenvalue weighted by molar-refractivity contribution is 7.88. The Bertz CT molecular complexity index is 764. The third-order valence-electron chi connectivity index (χ3n) is 3.11. The van der Waals surface area contributed by atoms with Gasteiger partial charge in [0.05, 0.1) is 6.26 Å². The van der Waals surface area contributed by atoms with Crippen molar-refractivity contribution >= 4 is 10.0 Å². The normalized spacial score (nSPS) is 11.4. The van der Waals surface area contributed by atoms with Crippen molar-refractivity contribution in [2.75, 3.05) is 12.8 Å². The van der Waals surface area contributed by atoms with E-state index in [1.165, 1.54) is 6.07 Å². The van der Waals surface area contributed by atoms with Crippen LogP contribution in [0.5, 0.6) is 5.75 Å². The Labute approximate surface area is 134 Å². The molecule has 2 aromatic carbocycles. The molecule has 0 fully saturated rings. The van der Waals surface area contributed by atoms with Crippen LogP contribution in [0.2, 0.25) is 0 Å². The number of halogens is 2. The maximum absolute atomic E-state index is 14.3. The predicted molar refractivity (Wildman–Crippen MR) is 83.7 cm³/mol. The van der Waals surface area contributed by atoms with Crippen LogP contribution in [0.15, 0.2) is 42.5 Å². The Kier molecular flexibility index (Phi) is 5.68. The molecule has 0 amide bonds. The number of hydrogen-bond acceptors (Lipinski definition) is 3. The van der Waals surface area contributed by atoms with Gasteiger partial charge in [0.2, 0.25) is 10.0 Å². The lowest BCUT2D eigenvalue weighted by molar-refractivity contribution is 0.273. The van der Waals surface area contributed by atoms with Crippen LogP contribution in [0.25, 0.3) is 0 Å². The van der Waals surface area contributed by atoms with Gasteiger partial charge in [-0.25, -0.2) is 21.9 Å². The zero-order valence-electron chi connectivity index (χ0n) is 12.6. The van der Waals surface area contributed by atoms with Crippen molar-refractivity contribution in [3.63, 3.8) is 0 Å². The van der Waals surface area contributed by atoms with Crippen molar-refractivity contribution in [2.45, 2.75) is 13.0 Å². The first-order valence-corrected chi connectivity index (χ1v) is 8.84. The predicted octanol–water partition coefficient (Wildman–Crippen LogP) is 2.64. The van der Waals surface area contributed by atoms with E-state index < -0.39 is 27.4 Å². The Morgan fingerprint density at radius 1 is 1.09 bits per heavy atom. The molecule has 2 aromatic rings. The van der Waals surface area contributed by atoms with Gasteiger partial charge in [0.25, 0.3) is 0 Å². The van der Waals surface area contributed by atoms with Crippen molar-refractivity contribution in [1.29, 1.82) is 0 Å². The van der Waals surface area contributed by atoms with Crippen LogP contribution in [-0.2, 0) is 23.1 Å². The highest BCUT2D eigenvalue weighted by Gasteiger charge is 2.15. The van der Waals surface area contributed by atoms with Gasteiger partial charge in [-0.05, 0) is 23.6 Å². The van der Waals surface area contributed by atoms with Crippen molar-refractivity contribution in [2.24, 2.45) is 0 Å². The fourth-order valence-electron chi connectivity index (χ4n) is 2.00. The summed E-state index contributed by atoms with van der Waals surface area (Å²) in [5, 5.41) is 0. The first-order chi connectivity index (χ1) is 10.9. The van der Waals surface area contributed by atoms with E-state index in [0.717, 1.165) is 17.9 Å². The number of ether oxygens (including phenoxy) is 1. The number of nitrogens with one attached hydrogen (secondary N) is 1. The molecule has 124 valence electrons. The van der Waals surface area contributed by atoms with Gasteiger partial charge in [0, 0.05) is 6.54 Å². The number of rotatable bonds is 7. The van der Waals surface area contributed by atoms with Gasteiger partial charge in [-0.2, -0.15) is 0 Å². The zero-order chi connectivity index (χ0) is 16.9. The fraction of sp³-hybridized carbons (Fsp3) is 0.250. The van der Waals surface area contributed by atoms with Gasteiger partial charge >= 0.3 is 0 Å². The van der Waals surface area contributed by atoms with Crippen molar-refractivity contribution in [3.05, 3.63) is 65.2 Å². The minimum absolute atomic E-state index is 0.0273. The van der Waals surface area contributed by atoms with Gasteiger partial charge < -0.3 is 4.74 Å². The van der Waals surface area contributed by atoms with Gasteiger partial charge in [0.15, 0.2) is 17.4 Å². The van der Waals surface area contributed by atoms with E-state index in [1.54, 1.807) is 24.3 Å². The summed E-state index contributed by atoms with van der Waals surface area (Å²) in [4.78, 5) is 0. The van der Waals surface area contributed by atoms with E-state index in [1.807, 2.05) is 6.07 Å². The molecule has 7 heteroatoms. The lowest BCUT2D eigenvalue weighted by Crippen LogP contribution is -2.24. The van der Waals surface area contributed by atoms with Crippen LogP contribution in [-0.4, -0.2) is 21.2 Å². The maximum atomic E-state index is 14.3. The second-order valence-electron chi connectivity index (χ2n) is 5.04. The topological polar surface area (TPSA) is 55.4 Å². The highest BCUT2D eigenvalue weighted by atomic mass is 32.2. The molecule has 0 saturated heterocycles. The lowest BCUT2D eigenvalue weighted by Gasteiger charge is -2.11. The van der Waals surface area contributed by atoms with Crippen LogP contribution >= 0.6 is 0 Å².